The van der Waals surface area contributed by atoms with Crippen molar-refractivity contribution in [1.82, 2.24) is 19.9 Å². The highest BCUT2D eigenvalue weighted by atomic mass is 16.3. The number of rotatable bonds is 2. The average Bonchev–Trinajstić information content (AvgIpc) is 2.66. The Morgan fingerprint density at radius 1 is 1.31 bits per heavy atom. The number of β-amino-alcohol motifs (C(OH)–C–C–N with tert-alkyl or cyclic N) is 1. The number of aromatic nitrogens is 3. The van der Waals surface area contributed by atoms with Crippen molar-refractivity contribution < 1.29 is 9.90 Å². The van der Waals surface area contributed by atoms with Crippen molar-refractivity contribution in [1.29, 1.82) is 0 Å². The fourth-order valence-corrected chi connectivity index (χ4v) is 3.86. The van der Waals surface area contributed by atoms with Crippen LogP contribution in [0.1, 0.15) is 41.4 Å². The average molecular weight is 353 g/mol. The van der Waals surface area contributed by atoms with Crippen LogP contribution in [0.4, 0.5) is 5.82 Å². The molecule has 1 amide bonds. The van der Waals surface area contributed by atoms with Gasteiger partial charge in [0.2, 0.25) is 0 Å². The normalized spacial score (nSPS) is 22.8. The molecule has 7 nitrogen and oxygen atoms in total. The summed E-state index contributed by atoms with van der Waals surface area (Å²) in [6.45, 7) is 4.45. The Balaban J connectivity index is 1.57. The summed E-state index contributed by atoms with van der Waals surface area (Å²) in [5, 5.41) is 10.4. The zero-order chi connectivity index (χ0) is 18.1. The first-order valence-corrected chi connectivity index (χ1v) is 9.03. The van der Waals surface area contributed by atoms with Gasteiger partial charge in [-0.25, -0.2) is 9.97 Å². The molecule has 136 valence electrons. The van der Waals surface area contributed by atoms with Crippen molar-refractivity contribution in [3.8, 4) is 0 Å². The molecule has 1 atom stereocenters. The Bertz CT molecular complexity index is 809. The van der Waals surface area contributed by atoms with E-state index < -0.39 is 5.60 Å². The standard InChI is InChI=1S/C19H23N5O2/c1-19(26)6-3-8-24(12-19)17-15-5-9-23(11-16(15)21-13-22-17)18(25)14-4-2-7-20-10-14/h2,4,7,10,13,26H,3,5-6,8-9,11-12H2,1H3/t19-/m0/s1. The number of fused-ring (bicyclic) bond motifs is 1. The fraction of sp³-hybridized carbons (Fsp3) is 0.474. The number of amides is 1. The first kappa shape index (κ1) is 16.9. The van der Waals surface area contributed by atoms with Gasteiger partial charge in [0.05, 0.1) is 23.4 Å². The SMILES string of the molecule is C[C@]1(O)CCCN(c2ncnc3c2CCN(C(=O)c2cccnc2)C3)C1. The molecule has 2 aliphatic heterocycles. The number of pyridine rings is 1. The summed E-state index contributed by atoms with van der Waals surface area (Å²) < 4.78 is 0. The van der Waals surface area contributed by atoms with Crippen molar-refractivity contribution in [3.63, 3.8) is 0 Å². The van der Waals surface area contributed by atoms with E-state index in [0.29, 0.717) is 25.2 Å². The number of hydrogen-bond acceptors (Lipinski definition) is 6. The van der Waals surface area contributed by atoms with Crippen LogP contribution in [0.25, 0.3) is 0 Å². The number of carbonyl (C=O) groups is 1. The molecule has 1 N–H and O–H groups in total. The van der Waals surface area contributed by atoms with Gasteiger partial charge in [-0.3, -0.25) is 9.78 Å². The molecule has 0 unspecified atom stereocenters. The summed E-state index contributed by atoms with van der Waals surface area (Å²) >= 11 is 0. The summed E-state index contributed by atoms with van der Waals surface area (Å²) in [7, 11) is 0. The Kier molecular flexibility index (Phi) is 4.32. The van der Waals surface area contributed by atoms with Crippen molar-refractivity contribution in [2.45, 2.75) is 38.3 Å². The third-order valence-corrected chi connectivity index (χ3v) is 5.15. The molecule has 2 aliphatic rings. The number of piperidine rings is 1. The van der Waals surface area contributed by atoms with Crippen LogP contribution in [-0.4, -0.2) is 56.1 Å². The maximum absolute atomic E-state index is 12.7. The summed E-state index contributed by atoms with van der Waals surface area (Å²) in [5.74, 6) is 0.883. The Labute approximate surface area is 152 Å². The third kappa shape index (κ3) is 3.26. The molecule has 4 rings (SSSR count). The molecular formula is C19H23N5O2. The van der Waals surface area contributed by atoms with Crippen molar-refractivity contribution >= 4 is 11.7 Å². The van der Waals surface area contributed by atoms with Gasteiger partial charge in [0, 0.05) is 37.6 Å². The van der Waals surface area contributed by atoms with E-state index in [1.807, 2.05) is 11.8 Å². The van der Waals surface area contributed by atoms with E-state index in [2.05, 4.69) is 19.9 Å². The molecule has 0 aromatic carbocycles. The number of anilines is 1. The van der Waals surface area contributed by atoms with E-state index in [1.165, 1.54) is 0 Å². The van der Waals surface area contributed by atoms with Gasteiger partial charge in [0.15, 0.2) is 0 Å². The molecule has 4 heterocycles. The van der Waals surface area contributed by atoms with Crippen LogP contribution in [0.2, 0.25) is 0 Å². The second kappa shape index (κ2) is 6.64. The Morgan fingerprint density at radius 3 is 2.96 bits per heavy atom. The van der Waals surface area contributed by atoms with Crippen LogP contribution in [-0.2, 0) is 13.0 Å². The van der Waals surface area contributed by atoms with Crippen LogP contribution in [0, 0.1) is 0 Å². The number of hydrogen-bond donors (Lipinski definition) is 1. The lowest BCUT2D eigenvalue weighted by Crippen LogP contribution is -2.47. The maximum atomic E-state index is 12.7. The van der Waals surface area contributed by atoms with Gasteiger partial charge in [-0.15, -0.1) is 0 Å². The summed E-state index contributed by atoms with van der Waals surface area (Å²) in [4.78, 5) is 29.6. The lowest BCUT2D eigenvalue weighted by Gasteiger charge is -2.39. The second-order valence-electron chi connectivity index (χ2n) is 7.36. The molecule has 0 spiro atoms. The van der Waals surface area contributed by atoms with Crippen LogP contribution in [0.3, 0.4) is 0 Å². The minimum absolute atomic E-state index is 0.0233. The largest absolute Gasteiger partial charge is 0.388 e. The first-order chi connectivity index (χ1) is 12.5. The van der Waals surface area contributed by atoms with E-state index in [-0.39, 0.29) is 5.91 Å². The smallest absolute Gasteiger partial charge is 0.255 e. The quantitative estimate of drug-likeness (QED) is 0.879. The highest BCUT2D eigenvalue weighted by Gasteiger charge is 2.32. The lowest BCUT2D eigenvalue weighted by molar-refractivity contribution is 0.0446. The Hall–Kier alpha value is -2.54. The molecular weight excluding hydrogens is 330 g/mol. The highest BCUT2D eigenvalue weighted by molar-refractivity contribution is 5.94. The predicted molar refractivity (Wildman–Crippen MR) is 96.8 cm³/mol. The van der Waals surface area contributed by atoms with E-state index in [9.17, 15) is 9.90 Å². The maximum Gasteiger partial charge on any atom is 0.255 e. The van der Waals surface area contributed by atoms with E-state index >= 15 is 0 Å². The molecule has 0 bridgehead atoms. The molecule has 2 aromatic heterocycles. The summed E-state index contributed by atoms with van der Waals surface area (Å²) in [5.41, 5.74) is 1.90. The van der Waals surface area contributed by atoms with Gasteiger partial charge in [-0.2, -0.15) is 0 Å². The van der Waals surface area contributed by atoms with Crippen LogP contribution in [0.5, 0.6) is 0 Å². The summed E-state index contributed by atoms with van der Waals surface area (Å²) in [6, 6.07) is 3.56. The fourth-order valence-electron chi connectivity index (χ4n) is 3.86. The number of aliphatic hydroxyl groups is 1. The van der Waals surface area contributed by atoms with Crippen LogP contribution < -0.4 is 4.90 Å². The van der Waals surface area contributed by atoms with Crippen LogP contribution >= 0.6 is 0 Å². The van der Waals surface area contributed by atoms with E-state index in [1.54, 1.807) is 30.9 Å². The molecule has 1 saturated heterocycles. The zero-order valence-electron chi connectivity index (χ0n) is 14.9. The van der Waals surface area contributed by atoms with Gasteiger partial charge in [0.25, 0.3) is 5.91 Å². The molecule has 26 heavy (non-hydrogen) atoms. The highest BCUT2D eigenvalue weighted by Crippen LogP contribution is 2.30. The zero-order valence-corrected chi connectivity index (χ0v) is 14.9. The molecule has 0 saturated carbocycles. The van der Waals surface area contributed by atoms with Gasteiger partial charge >= 0.3 is 0 Å². The minimum atomic E-state index is -0.687. The second-order valence-corrected chi connectivity index (χ2v) is 7.36. The van der Waals surface area contributed by atoms with Crippen LogP contribution in [0.15, 0.2) is 30.9 Å². The van der Waals surface area contributed by atoms with E-state index in [4.69, 9.17) is 0 Å². The molecule has 0 radical (unpaired) electrons. The van der Waals surface area contributed by atoms with Gasteiger partial charge in [0.1, 0.15) is 12.1 Å². The molecule has 0 aliphatic carbocycles. The van der Waals surface area contributed by atoms with Gasteiger partial charge in [-0.1, -0.05) is 0 Å². The monoisotopic (exact) mass is 353 g/mol. The molecule has 1 fully saturated rings. The summed E-state index contributed by atoms with van der Waals surface area (Å²) in [6.07, 6.45) is 7.29. The topological polar surface area (TPSA) is 82.5 Å². The Morgan fingerprint density at radius 2 is 2.19 bits per heavy atom. The van der Waals surface area contributed by atoms with Crippen molar-refractivity contribution in [2.24, 2.45) is 0 Å². The van der Waals surface area contributed by atoms with Gasteiger partial charge < -0.3 is 14.9 Å². The number of nitrogens with zero attached hydrogens (tertiary/aromatic N) is 5. The number of carbonyl (C=O) groups excluding carboxylic acids is 1. The third-order valence-electron chi connectivity index (χ3n) is 5.15. The predicted octanol–water partition coefficient (Wildman–Crippen LogP) is 1.42. The van der Waals surface area contributed by atoms with Crippen molar-refractivity contribution in [2.75, 3.05) is 24.5 Å². The van der Waals surface area contributed by atoms with E-state index in [0.717, 1.165) is 42.9 Å². The molecule has 7 heteroatoms. The van der Waals surface area contributed by atoms with Crippen molar-refractivity contribution in [3.05, 3.63) is 47.7 Å². The lowest BCUT2D eigenvalue weighted by atomic mass is 9.94. The minimum Gasteiger partial charge on any atom is -0.388 e. The van der Waals surface area contributed by atoms with Gasteiger partial charge in [-0.05, 0) is 38.3 Å². The first-order valence-electron chi connectivity index (χ1n) is 9.03. The molecule has 2 aromatic rings.